The molecule has 0 radical (unpaired) electrons. The zero-order valence-corrected chi connectivity index (χ0v) is 10.3. The smallest absolute Gasteiger partial charge is 0.223 e. The highest BCUT2D eigenvalue weighted by atomic mass is 16.6. The molecule has 1 heterocycles. The first-order valence-electron chi connectivity index (χ1n) is 6.28. The Morgan fingerprint density at radius 3 is 2.89 bits per heavy atom. The molecule has 1 saturated carbocycles. The van der Waals surface area contributed by atoms with Crippen molar-refractivity contribution in [2.45, 2.75) is 12.8 Å². The Bertz CT molecular complexity index is 605. The number of nitrogen functional groups attached to an aromatic ring is 1. The highest BCUT2D eigenvalue weighted by molar-refractivity contribution is 5.94. The van der Waals surface area contributed by atoms with Crippen molar-refractivity contribution in [2.24, 2.45) is 5.92 Å². The van der Waals surface area contributed by atoms with Crippen LogP contribution in [0.4, 0.5) is 11.4 Å². The molecule has 0 unspecified atom stereocenters. The van der Waals surface area contributed by atoms with Gasteiger partial charge < -0.3 is 16.4 Å². The predicted octanol–water partition coefficient (Wildman–Crippen LogP) is 0.743. The lowest BCUT2D eigenvalue weighted by atomic mass is 10.2. The zero-order chi connectivity index (χ0) is 13.2. The Morgan fingerprint density at radius 2 is 2.11 bits per heavy atom. The van der Waals surface area contributed by atoms with Crippen LogP contribution >= 0.6 is 0 Å². The zero-order valence-electron chi connectivity index (χ0n) is 10.3. The first-order chi connectivity index (χ1) is 9.25. The first kappa shape index (κ1) is 11.8. The number of amides is 1. The molecule has 0 bridgehead atoms. The molecule has 0 atom stereocenters. The van der Waals surface area contributed by atoms with E-state index in [4.69, 9.17) is 5.73 Å². The highest BCUT2D eigenvalue weighted by Crippen LogP contribution is 2.28. The van der Waals surface area contributed by atoms with E-state index in [9.17, 15) is 4.79 Å². The summed E-state index contributed by atoms with van der Waals surface area (Å²) in [4.78, 5) is 11.4. The number of aromatic nitrogens is 2. The van der Waals surface area contributed by atoms with Crippen molar-refractivity contribution in [3.05, 3.63) is 12.1 Å². The maximum Gasteiger partial charge on any atom is 0.223 e. The van der Waals surface area contributed by atoms with Crippen molar-refractivity contribution in [1.29, 1.82) is 0 Å². The third-order valence-electron chi connectivity index (χ3n) is 3.13. The van der Waals surface area contributed by atoms with Crippen molar-refractivity contribution >= 4 is 28.3 Å². The number of nitrogens with one attached hydrogen (secondary N) is 2. The molecule has 1 aliphatic carbocycles. The number of carbonyl (C=O) groups excluding carboxylic acids is 1. The molecule has 0 aliphatic heterocycles. The second kappa shape index (κ2) is 4.75. The van der Waals surface area contributed by atoms with Gasteiger partial charge in [0.25, 0.3) is 0 Å². The number of benzene rings is 1. The minimum atomic E-state index is 0.146. The normalized spacial score (nSPS) is 14.5. The molecule has 100 valence electrons. The second-order valence-corrected chi connectivity index (χ2v) is 4.66. The topological polar surface area (TPSA) is 106 Å². The van der Waals surface area contributed by atoms with Crippen LogP contribution in [-0.2, 0) is 4.79 Å². The third-order valence-corrected chi connectivity index (χ3v) is 3.13. The van der Waals surface area contributed by atoms with E-state index in [2.05, 4.69) is 25.6 Å². The van der Waals surface area contributed by atoms with E-state index in [1.807, 2.05) is 6.07 Å². The van der Waals surface area contributed by atoms with Gasteiger partial charge in [-0.3, -0.25) is 4.79 Å². The fraction of sp³-hybridized carbons (Fsp3) is 0.417. The minimum Gasteiger partial charge on any atom is -0.397 e. The van der Waals surface area contributed by atoms with Gasteiger partial charge in [-0.25, -0.2) is 4.63 Å². The summed E-state index contributed by atoms with van der Waals surface area (Å²) in [6.07, 6.45) is 2.03. The first-order valence-corrected chi connectivity index (χ1v) is 6.28. The summed E-state index contributed by atoms with van der Waals surface area (Å²) in [5.74, 6) is 0.385. The van der Waals surface area contributed by atoms with Crippen molar-refractivity contribution in [2.75, 3.05) is 24.1 Å². The lowest BCUT2D eigenvalue weighted by Gasteiger charge is -2.08. The minimum absolute atomic E-state index is 0.146. The van der Waals surface area contributed by atoms with Crippen LogP contribution in [0.25, 0.3) is 11.0 Å². The lowest BCUT2D eigenvalue weighted by molar-refractivity contribution is -0.122. The molecule has 1 aromatic heterocycles. The monoisotopic (exact) mass is 261 g/mol. The Balaban J connectivity index is 1.57. The lowest BCUT2D eigenvalue weighted by Crippen LogP contribution is -2.29. The number of anilines is 2. The van der Waals surface area contributed by atoms with E-state index >= 15 is 0 Å². The largest absolute Gasteiger partial charge is 0.397 e. The fourth-order valence-electron chi connectivity index (χ4n) is 1.90. The number of carbonyl (C=O) groups is 1. The molecule has 7 heteroatoms. The molecule has 1 amide bonds. The maximum atomic E-state index is 11.4. The van der Waals surface area contributed by atoms with E-state index in [1.54, 1.807) is 6.07 Å². The van der Waals surface area contributed by atoms with Crippen LogP contribution in [-0.4, -0.2) is 29.3 Å². The average Bonchev–Trinajstić information content (AvgIpc) is 3.14. The molecule has 2 aromatic rings. The van der Waals surface area contributed by atoms with Gasteiger partial charge in [0, 0.05) is 19.0 Å². The van der Waals surface area contributed by atoms with Crippen molar-refractivity contribution in [1.82, 2.24) is 15.6 Å². The Kier molecular flexibility index (Phi) is 2.94. The summed E-state index contributed by atoms with van der Waals surface area (Å²) in [6, 6.07) is 3.57. The number of nitrogens with two attached hydrogens (primary N) is 1. The Labute approximate surface area is 109 Å². The van der Waals surface area contributed by atoms with Crippen LogP contribution in [0.2, 0.25) is 0 Å². The van der Waals surface area contributed by atoms with Gasteiger partial charge in [0.05, 0.1) is 11.4 Å². The summed E-state index contributed by atoms with van der Waals surface area (Å²) in [5, 5.41) is 13.6. The molecule has 0 saturated heterocycles. The van der Waals surface area contributed by atoms with E-state index in [0.29, 0.717) is 29.8 Å². The summed E-state index contributed by atoms with van der Waals surface area (Å²) >= 11 is 0. The van der Waals surface area contributed by atoms with Crippen LogP contribution in [0.3, 0.4) is 0 Å². The van der Waals surface area contributed by atoms with Gasteiger partial charge in [0.15, 0.2) is 11.0 Å². The molecular weight excluding hydrogens is 246 g/mol. The Hall–Kier alpha value is -2.31. The average molecular weight is 261 g/mol. The van der Waals surface area contributed by atoms with Crippen LogP contribution < -0.4 is 16.4 Å². The predicted molar refractivity (Wildman–Crippen MR) is 70.4 cm³/mol. The van der Waals surface area contributed by atoms with E-state index in [-0.39, 0.29) is 11.8 Å². The number of hydrogen-bond donors (Lipinski definition) is 3. The van der Waals surface area contributed by atoms with Crippen LogP contribution in [0, 0.1) is 5.92 Å². The second-order valence-electron chi connectivity index (χ2n) is 4.66. The molecular formula is C12H15N5O2. The van der Waals surface area contributed by atoms with Crippen LogP contribution in [0.5, 0.6) is 0 Å². The van der Waals surface area contributed by atoms with Gasteiger partial charge in [0.1, 0.15) is 0 Å². The summed E-state index contributed by atoms with van der Waals surface area (Å²) in [5.41, 5.74) is 8.24. The molecule has 1 aliphatic rings. The maximum absolute atomic E-state index is 11.4. The van der Waals surface area contributed by atoms with Gasteiger partial charge in [-0.2, -0.15) is 0 Å². The van der Waals surface area contributed by atoms with Crippen molar-refractivity contribution in [3.63, 3.8) is 0 Å². The molecule has 1 fully saturated rings. The molecule has 7 nitrogen and oxygen atoms in total. The van der Waals surface area contributed by atoms with Crippen LogP contribution in [0.15, 0.2) is 16.8 Å². The van der Waals surface area contributed by atoms with E-state index < -0.39 is 0 Å². The standard InChI is InChI=1S/C12H15N5O2/c13-8-3-4-9(11-10(8)16-19-17-11)14-5-6-15-12(18)7-1-2-7/h3-4,7,14H,1-2,5-6,13H2,(H,15,18). The molecule has 4 N–H and O–H groups in total. The Morgan fingerprint density at radius 1 is 1.32 bits per heavy atom. The van der Waals surface area contributed by atoms with E-state index in [0.717, 1.165) is 18.5 Å². The number of nitrogens with zero attached hydrogens (tertiary/aromatic N) is 2. The summed E-state index contributed by atoms with van der Waals surface area (Å²) in [6.45, 7) is 1.19. The van der Waals surface area contributed by atoms with Gasteiger partial charge in [-0.05, 0) is 35.3 Å². The number of fused-ring (bicyclic) bond motifs is 1. The van der Waals surface area contributed by atoms with Gasteiger partial charge in [-0.1, -0.05) is 0 Å². The van der Waals surface area contributed by atoms with Gasteiger partial charge in [-0.15, -0.1) is 0 Å². The molecule has 1 aromatic carbocycles. The van der Waals surface area contributed by atoms with Crippen molar-refractivity contribution in [3.8, 4) is 0 Å². The molecule has 19 heavy (non-hydrogen) atoms. The summed E-state index contributed by atoms with van der Waals surface area (Å²) in [7, 11) is 0. The fourth-order valence-corrected chi connectivity index (χ4v) is 1.90. The summed E-state index contributed by atoms with van der Waals surface area (Å²) < 4.78 is 4.68. The number of hydrogen-bond acceptors (Lipinski definition) is 6. The number of rotatable bonds is 5. The SMILES string of the molecule is Nc1ccc(NCCNC(=O)C2CC2)c2nonc12. The highest BCUT2D eigenvalue weighted by Gasteiger charge is 2.28. The van der Waals surface area contributed by atoms with Crippen molar-refractivity contribution < 1.29 is 9.42 Å². The molecule has 0 spiro atoms. The van der Waals surface area contributed by atoms with Crippen LogP contribution in [0.1, 0.15) is 12.8 Å². The third kappa shape index (κ3) is 2.44. The quantitative estimate of drug-likeness (QED) is 0.541. The van der Waals surface area contributed by atoms with E-state index in [1.165, 1.54) is 0 Å². The van der Waals surface area contributed by atoms with Gasteiger partial charge >= 0.3 is 0 Å². The molecule has 3 rings (SSSR count). The van der Waals surface area contributed by atoms with Gasteiger partial charge in [0.2, 0.25) is 5.91 Å².